The lowest BCUT2D eigenvalue weighted by molar-refractivity contribution is -0.385. The van der Waals surface area contributed by atoms with Gasteiger partial charge in [-0.3, -0.25) is 14.8 Å². The van der Waals surface area contributed by atoms with Crippen LogP contribution in [0.5, 0.6) is 5.75 Å². The first-order chi connectivity index (χ1) is 13.4. The molecule has 2 rings (SSSR count). The number of aromatic nitrogens is 2. The van der Waals surface area contributed by atoms with E-state index in [1.165, 1.54) is 17.1 Å². The predicted molar refractivity (Wildman–Crippen MR) is 109 cm³/mol. The molecule has 0 fully saturated rings. The van der Waals surface area contributed by atoms with Crippen LogP contribution in [0.1, 0.15) is 31.9 Å². The van der Waals surface area contributed by atoms with Crippen LogP contribution in [0, 0.1) is 17.0 Å². The largest absolute Gasteiger partial charge is 0.491 e. The van der Waals surface area contributed by atoms with E-state index in [2.05, 4.69) is 20.7 Å². The maximum Gasteiger partial charge on any atom is 0.306 e. The second-order valence-electron chi connectivity index (χ2n) is 6.62. The van der Waals surface area contributed by atoms with E-state index in [4.69, 9.17) is 4.74 Å². The number of hydrogen-bond donors (Lipinski definition) is 2. The molecule has 152 valence electrons. The van der Waals surface area contributed by atoms with Crippen LogP contribution in [0.3, 0.4) is 0 Å². The van der Waals surface area contributed by atoms with Gasteiger partial charge < -0.3 is 15.4 Å². The number of aliphatic imine (C=N–C) groups is 1. The summed E-state index contributed by atoms with van der Waals surface area (Å²) in [5, 5.41) is 21.1. The van der Waals surface area contributed by atoms with E-state index in [-0.39, 0.29) is 11.8 Å². The first-order valence-corrected chi connectivity index (χ1v) is 9.34. The Morgan fingerprint density at radius 1 is 1.39 bits per heavy atom. The Bertz CT molecular complexity index is 816. The number of rotatable bonds is 9. The molecule has 9 heteroatoms. The van der Waals surface area contributed by atoms with Crippen LogP contribution in [-0.2, 0) is 13.1 Å². The molecule has 0 aliphatic carbocycles. The van der Waals surface area contributed by atoms with Gasteiger partial charge in [-0.15, -0.1) is 0 Å². The number of aryl methyl sites for hydroxylation is 1. The van der Waals surface area contributed by atoms with Crippen LogP contribution < -0.4 is 15.4 Å². The molecule has 9 nitrogen and oxygen atoms in total. The normalized spacial score (nSPS) is 11.5. The van der Waals surface area contributed by atoms with Gasteiger partial charge in [0, 0.05) is 18.7 Å². The molecule has 2 aromatic rings. The third-order valence-corrected chi connectivity index (χ3v) is 3.80. The van der Waals surface area contributed by atoms with E-state index in [1.54, 1.807) is 0 Å². The summed E-state index contributed by atoms with van der Waals surface area (Å²) in [7, 11) is 0. The molecule has 2 N–H and O–H groups in total. The summed E-state index contributed by atoms with van der Waals surface area (Å²) in [6.07, 6.45) is 2.74. The molecule has 1 aromatic carbocycles. The van der Waals surface area contributed by atoms with Gasteiger partial charge in [0.2, 0.25) is 0 Å². The van der Waals surface area contributed by atoms with Crippen molar-refractivity contribution in [3.05, 3.63) is 51.8 Å². The molecule has 1 aromatic heterocycles. The van der Waals surface area contributed by atoms with E-state index >= 15 is 0 Å². The lowest BCUT2D eigenvalue weighted by Crippen LogP contribution is -2.38. The lowest BCUT2D eigenvalue weighted by Gasteiger charge is -2.15. The van der Waals surface area contributed by atoms with E-state index in [0.717, 1.165) is 23.4 Å². The fourth-order valence-corrected chi connectivity index (χ4v) is 2.52. The molecule has 0 aliphatic heterocycles. The van der Waals surface area contributed by atoms with Gasteiger partial charge >= 0.3 is 5.69 Å². The van der Waals surface area contributed by atoms with Crippen molar-refractivity contribution in [2.45, 2.75) is 46.9 Å². The zero-order chi connectivity index (χ0) is 20.5. The predicted octanol–water partition coefficient (Wildman–Crippen LogP) is 2.64. The Kier molecular flexibility index (Phi) is 7.79. The monoisotopic (exact) mass is 388 g/mol. The highest BCUT2D eigenvalue weighted by atomic mass is 16.6. The quantitative estimate of drug-likeness (QED) is 0.296. The fourth-order valence-electron chi connectivity index (χ4n) is 2.52. The van der Waals surface area contributed by atoms with Crippen molar-refractivity contribution < 1.29 is 9.66 Å². The molecule has 28 heavy (non-hydrogen) atoms. The molecule has 1 heterocycles. The van der Waals surface area contributed by atoms with Gasteiger partial charge in [0.25, 0.3) is 0 Å². The Hall–Kier alpha value is -3.10. The molecule has 0 bridgehead atoms. The molecule has 0 amide bonds. The molecular formula is C19H28N6O3. The van der Waals surface area contributed by atoms with Gasteiger partial charge in [-0.25, -0.2) is 4.99 Å². The van der Waals surface area contributed by atoms with Crippen molar-refractivity contribution in [2.24, 2.45) is 4.99 Å². The van der Waals surface area contributed by atoms with Crippen molar-refractivity contribution in [3.63, 3.8) is 0 Å². The van der Waals surface area contributed by atoms with Gasteiger partial charge in [-0.1, -0.05) is 12.1 Å². The summed E-state index contributed by atoms with van der Waals surface area (Å²) < 4.78 is 7.43. The second kappa shape index (κ2) is 10.3. The highest BCUT2D eigenvalue weighted by molar-refractivity contribution is 5.79. The lowest BCUT2D eigenvalue weighted by atomic mass is 10.1. The van der Waals surface area contributed by atoms with Crippen LogP contribution in [0.15, 0.2) is 35.6 Å². The topological polar surface area (TPSA) is 107 Å². The molecule has 0 radical (unpaired) electrons. The molecule has 0 atom stereocenters. The Morgan fingerprint density at radius 3 is 2.82 bits per heavy atom. The minimum atomic E-state index is -0.457. The molecule has 0 unspecified atom stereocenters. The number of guanidine groups is 1. The van der Waals surface area contributed by atoms with Crippen LogP contribution in [-0.4, -0.2) is 39.9 Å². The summed E-state index contributed by atoms with van der Waals surface area (Å²) in [5.41, 5.74) is 2.14. The van der Waals surface area contributed by atoms with E-state index in [0.29, 0.717) is 25.6 Å². The van der Waals surface area contributed by atoms with Crippen LogP contribution in [0.2, 0.25) is 0 Å². The number of nitro groups is 1. The third kappa shape index (κ3) is 6.57. The first-order valence-electron chi connectivity index (χ1n) is 9.34. The highest BCUT2D eigenvalue weighted by Gasteiger charge is 2.09. The summed E-state index contributed by atoms with van der Waals surface area (Å²) >= 11 is 0. The SMILES string of the molecule is CCNC(=NCc1ccc(C)cc1OC(C)C)NCCn1cc([N+](=O)[O-])cn1. The van der Waals surface area contributed by atoms with E-state index < -0.39 is 4.92 Å². The van der Waals surface area contributed by atoms with Crippen LogP contribution >= 0.6 is 0 Å². The molecule has 0 saturated carbocycles. The Morgan fingerprint density at radius 2 is 2.18 bits per heavy atom. The van der Waals surface area contributed by atoms with Crippen molar-refractivity contribution in [2.75, 3.05) is 13.1 Å². The molecule has 0 saturated heterocycles. The van der Waals surface area contributed by atoms with Crippen molar-refractivity contribution in [1.82, 2.24) is 20.4 Å². The van der Waals surface area contributed by atoms with E-state index in [1.807, 2.05) is 45.9 Å². The average molecular weight is 388 g/mol. The molecule has 0 spiro atoms. The number of nitrogens with zero attached hydrogens (tertiary/aromatic N) is 4. The van der Waals surface area contributed by atoms with Gasteiger partial charge in [0.05, 0.1) is 24.1 Å². The second-order valence-corrected chi connectivity index (χ2v) is 6.62. The van der Waals surface area contributed by atoms with Gasteiger partial charge in [0.15, 0.2) is 5.96 Å². The van der Waals surface area contributed by atoms with Crippen molar-refractivity contribution in [3.8, 4) is 5.75 Å². The van der Waals surface area contributed by atoms with E-state index in [9.17, 15) is 10.1 Å². The number of benzene rings is 1. The maximum absolute atomic E-state index is 10.7. The zero-order valence-corrected chi connectivity index (χ0v) is 16.8. The van der Waals surface area contributed by atoms with Gasteiger partial charge in [-0.2, -0.15) is 5.10 Å². The average Bonchev–Trinajstić information content (AvgIpc) is 3.09. The Balaban J connectivity index is 1.98. The smallest absolute Gasteiger partial charge is 0.306 e. The maximum atomic E-state index is 10.7. The molecular weight excluding hydrogens is 360 g/mol. The standard InChI is InChI=1S/C19H28N6O3/c1-5-20-19(21-8-9-24-13-17(12-23-24)25(26)27)22-11-16-7-6-15(4)10-18(16)28-14(2)3/h6-7,10,12-14H,5,8-9,11H2,1-4H3,(H2,20,21,22). The van der Waals surface area contributed by atoms with Crippen LogP contribution in [0.4, 0.5) is 5.69 Å². The van der Waals surface area contributed by atoms with Crippen molar-refractivity contribution in [1.29, 1.82) is 0 Å². The highest BCUT2D eigenvalue weighted by Crippen LogP contribution is 2.22. The number of ether oxygens (including phenoxy) is 1. The number of nitrogens with one attached hydrogen (secondary N) is 2. The summed E-state index contributed by atoms with van der Waals surface area (Å²) in [4.78, 5) is 14.9. The summed E-state index contributed by atoms with van der Waals surface area (Å²) in [6, 6.07) is 6.10. The summed E-state index contributed by atoms with van der Waals surface area (Å²) in [5.74, 6) is 1.51. The molecule has 0 aliphatic rings. The van der Waals surface area contributed by atoms with Gasteiger partial charge in [0.1, 0.15) is 18.1 Å². The first kappa shape index (κ1) is 21.2. The Labute approximate surface area is 165 Å². The van der Waals surface area contributed by atoms with Gasteiger partial charge in [-0.05, 0) is 39.3 Å². The third-order valence-electron chi connectivity index (χ3n) is 3.80. The zero-order valence-electron chi connectivity index (χ0n) is 16.8. The minimum Gasteiger partial charge on any atom is -0.491 e. The van der Waals surface area contributed by atoms with Crippen LogP contribution in [0.25, 0.3) is 0 Å². The number of hydrogen-bond acceptors (Lipinski definition) is 5. The fraction of sp³-hybridized carbons (Fsp3) is 0.474. The van der Waals surface area contributed by atoms with Crippen molar-refractivity contribution >= 4 is 11.6 Å². The minimum absolute atomic E-state index is 0.0161. The summed E-state index contributed by atoms with van der Waals surface area (Å²) in [6.45, 7) is 10.3.